The third-order valence-electron chi connectivity index (χ3n) is 8.01. The van der Waals surface area contributed by atoms with Crippen LogP contribution in [0.5, 0.6) is 0 Å². The lowest BCUT2D eigenvalue weighted by Crippen LogP contribution is -1.91. The number of rotatable bonds is 2. The quantitative estimate of drug-likeness (QED) is 0.208. The standard InChI is InChI=1S/C36H26N2S/c1-21-15-23(3)34-31(17-21)32-18-22(2)16-29(35(32)39-34)26-8-6-7-24(19-26)25-11-12-33-30(20-25)27-9-4-5-10-28(27)36-37-13-14-38(33)36/h4-20H,1-3H3. The summed E-state index contributed by atoms with van der Waals surface area (Å²) in [5, 5.41) is 6.40. The number of hydrogen-bond acceptors (Lipinski definition) is 2. The number of fused-ring (bicyclic) bond motifs is 9. The minimum absolute atomic E-state index is 1.00. The maximum absolute atomic E-state index is 4.64. The maximum Gasteiger partial charge on any atom is 0.145 e. The van der Waals surface area contributed by atoms with Crippen molar-refractivity contribution in [2.75, 3.05) is 0 Å². The van der Waals surface area contributed by atoms with Crippen LogP contribution in [0.4, 0.5) is 0 Å². The number of aromatic nitrogens is 2. The van der Waals surface area contributed by atoms with Crippen LogP contribution in [0.15, 0.2) is 103 Å². The third-order valence-corrected chi connectivity index (χ3v) is 9.40. The largest absolute Gasteiger partial charge is 0.299 e. The fourth-order valence-corrected chi connectivity index (χ4v) is 7.58. The van der Waals surface area contributed by atoms with Gasteiger partial charge in [-0.3, -0.25) is 4.40 Å². The molecule has 0 N–H and O–H groups in total. The highest BCUT2D eigenvalue weighted by Gasteiger charge is 2.15. The lowest BCUT2D eigenvalue weighted by molar-refractivity contribution is 1.27. The first-order valence-electron chi connectivity index (χ1n) is 13.4. The van der Waals surface area contributed by atoms with E-state index in [-0.39, 0.29) is 0 Å². The second-order valence-electron chi connectivity index (χ2n) is 10.7. The summed E-state index contributed by atoms with van der Waals surface area (Å²) in [6.07, 6.45) is 3.94. The van der Waals surface area contributed by atoms with E-state index >= 15 is 0 Å². The number of thiophene rings is 1. The van der Waals surface area contributed by atoms with E-state index in [4.69, 9.17) is 0 Å². The summed E-state index contributed by atoms with van der Waals surface area (Å²) in [7, 11) is 0. The molecule has 0 fully saturated rings. The average molecular weight is 519 g/mol. The molecule has 0 spiro atoms. The van der Waals surface area contributed by atoms with E-state index in [1.54, 1.807) is 0 Å². The number of nitrogens with zero attached hydrogens (tertiary/aromatic N) is 2. The van der Waals surface area contributed by atoms with Gasteiger partial charge in [0, 0.05) is 43.3 Å². The molecule has 8 rings (SSSR count). The Hall–Kier alpha value is -4.47. The summed E-state index contributed by atoms with van der Waals surface area (Å²) < 4.78 is 4.96. The molecule has 3 heterocycles. The topological polar surface area (TPSA) is 17.3 Å². The summed E-state index contributed by atoms with van der Waals surface area (Å²) in [5.74, 6) is 0. The number of hydrogen-bond donors (Lipinski definition) is 0. The van der Waals surface area contributed by atoms with Gasteiger partial charge in [-0.05, 0) is 95.9 Å². The average Bonchev–Trinajstić information content (AvgIpc) is 3.59. The van der Waals surface area contributed by atoms with Gasteiger partial charge in [-0.25, -0.2) is 4.98 Å². The van der Waals surface area contributed by atoms with E-state index in [1.165, 1.54) is 80.8 Å². The van der Waals surface area contributed by atoms with Crippen LogP contribution in [0.3, 0.4) is 0 Å². The SMILES string of the molecule is Cc1cc(C)c2sc3c(-c4cccc(-c5ccc6c(c5)c5ccccc5c5nccn65)c4)cc(C)cc3c2c1. The molecule has 2 nitrogen and oxygen atoms in total. The summed E-state index contributed by atoms with van der Waals surface area (Å²) in [5.41, 5.74) is 11.2. The molecule has 0 radical (unpaired) electrons. The molecule has 0 saturated heterocycles. The lowest BCUT2D eigenvalue weighted by Gasteiger charge is -2.12. The molecular formula is C36H26N2S. The van der Waals surface area contributed by atoms with E-state index in [9.17, 15) is 0 Å². The zero-order valence-corrected chi connectivity index (χ0v) is 22.9. The minimum Gasteiger partial charge on any atom is -0.299 e. The van der Waals surface area contributed by atoms with Gasteiger partial charge in [0.25, 0.3) is 0 Å². The van der Waals surface area contributed by atoms with Crippen LogP contribution in [-0.4, -0.2) is 9.38 Å². The van der Waals surface area contributed by atoms with E-state index in [0.717, 1.165) is 5.65 Å². The van der Waals surface area contributed by atoms with E-state index in [0.29, 0.717) is 0 Å². The van der Waals surface area contributed by atoms with Gasteiger partial charge in [0.15, 0.2) is 0 Å². The van der Waals surface area contributed by atoms with Crippen molar-refractivity contribution in [2.24, 2.45) is 0 Å². The predicted octanol–water partition coefficient (Wildman–Crippen LogP) is 10.3. The van der Waals surface area contributed by atoms with Crippen molar-refractivity contribution in [3.8, 4) is 22.3 Å². The Balaban J connectivity index is 1.35. The summed E-state index contributed by atoms with van der Waals surface area (Å²) >= 11 is 1.93. The molecule has 5 aromatic carbocycles. The van der Waals surface area contributed by atoms with Crippen molar-refractivity contribution in [3.63, 3.8) is 0 Å². The first-order valence-corrected chi connectivity index (χ1v) is 14.2. The second-order valence-corrected chi connectivity index (χ2v) is 11.7. The van der Waals surface area contributed by atoms with Crippen molar-refractivity contribution < 1.29 is 0 Å². The number of pyridine rings is 1. The Morgan fingerprint density at radius 2 is 1.33 bits per heavy atom. The first-order chi connectivity index (χ1) is 19.0. The molecule has 186 valence electrons. The first kappa shape index (κ1) is 22.5. The predicted molar refractivity (Wildman–Crippen MR) is 168 cm³/mol. The monoisotopic (exact) mass is 518 g/mol. The van der Waals surface area contributed by atoms with E-state index < -0.39 is 0 Å². The van der Waals surface area contributed by atoms with Gasteiger partial charge in [0.1, 0.15) is 5.65 Å². The number of imidazole rings is 1. The lowest BCUT2D eigenvalue weighted by atomic mass is 9.95. The van der Waals surface area contributed by atoms with Gasteiger partial charge in [0.2, 0.25) is 0 Å². The fourth-order valence-electron chi connectivity index (χ4n) is 6.31. The Morgan fingerprint density at radius 3 is 2.21 bits per heavy atom. The van der Waals surface area contributed by atoms with Crippen molar-refractivity contribution in [3.05, 3.63) is 120 Å². The molecule has 0 bridgehead atoms. The molecule has 0 amide bonds. The van der Waals surface area contributed by atoms with E-state index in [1.807, 2.05) is 17.5 Å². The normalized spacial score (nSPS) is 12.0. The van der Waals surface area contributed by atoms with Crippen molar-refractivity contribution in [2.45, 2.75) is 20.8 Å². The van der Waals surface area contributed by atoms with Gasteiger partial charge in [-0.2, -0.15) is 0 Å². The Labute approximate surface area is 230 Å². The third kappa shape index (κ3) is 3.36. The van der Waals surface area contributed by atoms with Crippen LogP contribution in [0.2, 0.25) is 0 Å². The zero-order valence-electron chi connectivity index (χ0n) is 22.1. The number of aryl methyl sites for hydroxylation is 3. The number of benzene rings is 5. The van der Waals surface area contributed by atoms with Gasteiger partial charge in [-0.15, -0.1) is 11.3 Å². The van der Waals surface area contributed by atoms with Crippen LogP contribution < -0.4 is 0 Å². The molecule has 0 aliphatic rings. The van der Waals surface area contributed by atoms with E-state index in [2.05, 4.69) is 127 Å². The van der Waals surface area contributed by atoms with Crippen molar-refractivity contribution in [1.82, 2.24) is 9.38 Å². The Morgan fingerprint density at radius 1 is 0.590 bits per heavy atom. The highest BCUT2D eigenvalue weighted by molar-refractivity contribution is 7.26. The van der Waals surface area contributed by atoms with Gasteiger partial charge >= 0.3 is 0 Å². The molecule has 0 saturated carbocycles. The highest BCUT2D eigenvalue weighted by Crippen LogP contribution is 2.43. The summed E-state index contributed by atoms with van der Waals surface area (Å²) in [4.78, 5) is 4.64. The molecule has 8 aromatic rings. The van der Waals surface area contributed by atoms with Gasteiger partial charge in [-0.1, -0.05) is 60.2 Å². The van der Waals surface area contributed by atoms with Crippen LogP contribution in [0, 0.1) is 20.8 Å². The maximum atomic E-state index is 4.64. The molecule has 3 heteroatoms. The fraction of sp³-hybridized carbons (Fsp3) is 0.0833. The molecule has 0 aliphatic carbocycles. The van der Waals surface area contributed by atoms with Crippen LogP contribution in [-0.2, 0) is 0 Å². The van der Waals surface area contributed by atoms with Gasteiger partial charge < -0.3 is 0 Å². The molecule has 0 unspecified atom stereocenters. The molecule has 0 atom stereocenters. The van der Waals surface area contributed by atoms with Crippen molar-refractivity contribution >= 4 is 58.8 Å². The van der Waals surface area contributed by atoms with Crippen LogP contribution >= 0.6 is 11.3 Å². The molecule has 39 heavy (non-hydrogen) atoms. The Bertz CT molecular complexity index is 2260. The smallest absolute Gasteiger partial charge is 0.145 e. The second kappa shape index (κ2) is 8.26. The van der Waals surface area contributed by atoms with Crippen molar-refractivity contribution in [1.29, 1.82) is 0 Å². The molecule has 0 aliphatic heterocycles. The summed E-state index contributed by atoms with van der Waals surface area (Å²) in [6.45, 7) is 6.64. The zero-order chi connectivity index (χ0) is 26.2. The highest BCUT2D eigenvalue weighted by atomic mass is 32.1. The Kier molecular flexibility index (Phi) is 4.77. The minimum atomic E-state index is 1.00. The van der Waals surface area contributed by atoms with Crippen LogP contribution in [0.1, 0.15) is 16.7 Å². The molecular weight excluding hydrogens is 492 g/mol. The molecule has 3 aromatic heterocycles. The summed E-state index contributed by atoms with van der Waals surface area (Å²) in [6, 6.07) is 33.8. The van der Waals surface area contributed by atoms with Crippen LogP contribution in [0.25, 0.3) is 69.7 Å². The van der Waals surface area contributed by atoms with Gasteiger partial charge in [0.05, 0.1) is 5.52 Å².